The summed E-state index contributed by atoms with van der Waals surface area (Å²) in [5.74, 6) is -3.69. The minimum absolute atomic E-state index is 0.0782. The summed E-state index contributed by atoms with van der Waals surface area (Å²) in [6.45, 7) is 9.24. The molecule has 0 saturated carbocycles. The van der Waals surface area contributed by atoms with Gasteiger partial charge in [-0.25, -0.2) is 19.6 Å². The van der Waals surface area contributed by atoms with Gasteiger partial charge in [0.2, 0.25) is 0 Å². The van der Waals surface area contributed by atoms with Crippen molar-refractivity contribution in [3.63, 3.8) is 0 Å². The number of nitrogens with zero attached hydrogens (tertiary/aromatic N) is 5. The molecule has 1 unspecified atom stereocenters. The van der Waals surface area contributed by atoms with Gasteiger partial charge in [-0.05, 0) is 31.5 Å². The van der Waals surface area contributed by atoms with Crippen LogP contribution in [0, 0.1) is 0 Å². The van der Waals surface area contributed by atoms with Gasteiger partial charge in [-0.1, -0.05) is 6.07 Å². The van der Waals surface area contributed by atoms with Gasteiger partial charge in [0.25, 0.3) is 0 Å². The van der Waals surface area contributed by atoms with E-state index in [0.29, 0.717) is 6.61 Å². The Hall–Kier alpha value is -3.53. The van der Waals surface area contributed by atoms with Gasteiger partial charge >= 0.3 is 24.3 Å². The molecule has 3 rings (SSSR count). The summed E-state index contributed by atoms with van der Waals surface area (Å²) in [7, 11) is 0. The number of hydrogen-bond acceptors (Lipinski definition) is 8. The van der Waals surface area contributed by atoms with Crippen LogP contribution in [0.3, 0.4) is 0 Å². The number of anilines is 1. The number of morpholine rings is 1. The van der Waals surface area contributed by atoms with Crippen LogP contribution in [0.15, 0.2) is 36.8 Å². The fourth-order valence-corrected chi connectivity index (χ4v) is 3.04. The molecule has 1 aliphatic rings. The molecule has 0 bridgehead atoms. The highest BCUT2D eigenvalue weighted by molar-refractivity contribution is 5.73. The lowest BCUT2D eigenvalue weighted by molar-refractivity contribution is -0.193. The lowest BCUT2D eigenvalue weighted by Gasteiger charge is -2.34. The van der Waals surface area contributed by atoms with Crippen LogP contribution >= 0.6 is 0 Å². The summed E-state index contributed by atoms with van der Waals surface area (Å²) >= 11 is 0. The largest absolute Gasteiger partial charge is 0.490 e. The molecule has 1 saturated heterocycles. The summed E-state index contributed by atoms with van der Waals surface area (Å²) < 4.78 is 69.2. The predicted octanol–water partition coefficient (Wildman–Crippen LogP) is 3.56. The van der Waals surface area contributed by atoms with Crippen LogP contribution in [-0.4, -0.2) is 87.2 Å². The van der Waals surface area contributed by atoms with Crippen LogP contribution in [0.4, 0.5) is 32.2 Å². The summed E-state index contributed by atoms with van der Waals surface area (Å²) in [5.41, 5.74) is 1.20. The number of carbonyl (C=O) groups is 2. The van der Waals surface area contributed by atoms with Crippen molar-refractivity contribution >= 4 is 17.8 Å². The first kappa shape index (κ1) is 32.5. The van der Waals surface area contributed by atoms with E-state index in [2.05, 4.69) is 39.7 Å². The molecule has 0 spiro atoms. The molecule has 0 radical (unpaired) electrons. The van der Waals surface area contributed by atoms with Gasteiger partial charge in [-0.15, -0.1) is 0 Å². The molecule has 212 valence electrons. The third-order valence-electron chi connectivity index (χ3n) is 4.88. The molecule has 0 aliphatic carbocycles. The Kier molecular flexibility index (Phi) is 12.8. The smallest absolute Gasteiger partial charge is 0.475 e. The molecule has 16 heteroatoms. The first-order valence-electron chi connectivity index (χ1n) is 11.1. The molecule has 1 fully saturated rings. The van der Waals surface area contributed by atoms with Crippen molar-refractivity contribution in [3.05, 3.63) is 48.2 Å². The topological polar surface area (TPSA) is 129 Å². The number of hydrogen-bond donors (Lipinski definition) is 2. The minimum atomic E-state index is -5.08. The summed E-state index contributed by atoms with van der Waals surface area (Å²) in [5, 5.41) is 14.2. The Balaban J connectivity index is 0.000000426. The van der Waals surface area contributed by atoms with Crippen LogP contribution in [-0.2, 0) is 20.9 Å². The van der Waals surface area contributed by atoms with Crippen LogP contribution in [0.5, 0.6) is 0 Å². The quantitative estimate of drug-likeness (QED) is 0.511. The van der Waals surface area contributed by atoms with Crippen molar-refractivity contribution in [2.24, 2.45) is 0 Å². The highest BCUT2D eigenvalue weighted by atomic mass is 19.4. The van der Waals surface area contributed by atoms with Gasteiger partial charge in [0, 0.05) is 44.8 Å². The Morgan fingerprint density at radius 2 is 1.63 bits per heavy atom. The number of carboxylic acid groups (broad SMARTS) is 2. The predicted molar refractivity (Wildman–Crippen MR) is 121 cm³/mol. The highest BCUT2D eigenvalue weighted by Gasteiger charge is 2.38. The molecule has 3 heterocycles. The monoisotopic (exact) mass is 555 g/mol. The number of alkyl halides is 6. The molecule has 10 nitrogen and oxygen atoms in total. The highest BCUT2D eigenvalue weighted by Crippen LogP contribution is 2.24. The average Bonchev–Trinajstić information content (AvgIpc) is 2.86. The second-order valence-corrected chi connectivity index (χ2v) is 7.47. The minimum Gasteiger partial charge on any atom is -0.475 e. The van der Waals surface area contributed by atoms with Crippen molar-refractivity contribution in [2.75, 3.05) is 37.7 Å². The molecule has 2 N–H and O–H groups in total. The number of carboxylic acids is 2. The van der Waals surface area contributed by atoms with Crippen molar-refractivity contribution in [1.29, 1.82) is 0 Å². The zero-order chi connectivity index (χ0) is 28.9. The second kappa shape index (κ2) is 15.0. The van der Waals surface area contributed by atoms with E-state index in [-0.39, 0.29) is 6.04 Å². The maximum absolute atomic E-state index is 10.6. The first-order chi connectivity index (χ1) is 17.7. The number of aliphatic carboxylic acids is 2. The lowest BCUT2D eigenvalue weighted by atomic mass is 10.1. The van der Waals surface area contributed by atoms with Gasteiger partial charge in [0.1, 0.15) is 11.6 Å². The number of pyridine rings is 1. The fourth-order valence-electron chi connectivity index (χ4n) is 3.04. The Morgan fingerprint density at radius 3 is 2.11 bits per heavy atom. The third kappa shape index (κ3) is 11.2. The van der Waals surface area contributed by atoms with E-state index in [1.165, 1.54) is 5.56 Å². The van der Waals surface area contributed by atoms with Crippen LogP contribution in [0.2, 0.25) is 0 Å². The Morgan fingerprint density at radius 1 is 1.05 bits per heavy atom. The molecule has 0 aromatic carbocycles. The number of halogens is 6. The fraction of sp³-hybridized carbons (Fsp3) is 0.500. The maximum Gasteiger partial charge on any atom is 0.490 e. The summed E-state index contributed by atoms with van der Waals surface area (Å²) in [4.78, 5) is 36.0. The number of ether oxygens (including phenoxy) is 1. The lowest BCUT2D eigenvalue weighted by Crippen LogP contribution is -2.40. The van der Waals surface area contributed by atoms with Gasteiger partial charge < -0.3 is 19.8 Å². The third-order valence-corrected chi connectivity index (χ3v) is 4.88. The molecular weight excluding hydrogens is 528 g/mol. The van der Waals surface area contributed by atoms with Gasteiger partial charge in [-0.2, -0.15) is 26.3 Å². The Bertz CT molecular complexity index is 982. The van der Waals surface area contributed by atoms with Crippen molar-refractivity contribution in [1.82, 2.24) is 19.9 Å². The maximum atomic E-state index is 10.6. The van der Waals surface area contributed by atoms with E-state index in [4.69, 9.17) is 29.5 Å². The van der Waals surface area contributed by atoms with Crippen molar-refractivity contribution in [2.45, 2.75) is 38.8 Å². The van der Waals surface area contributed by atoms with Crippen molar-refractivity contribution in [3.8, 4) is 0 Å². The Labute approximate surface area is 213 Å². The standard InChI is InChI=1S/C18H25N5O.2C2HF3O2/c1-3-22(4-2)17-7-9-20-18(21-17)16-14-24-11-10-23(16)13-15-6-5-8-19-12-15;2*3-2(4,5)1(6)7/h5-9,12,16H,3-4,10-11,13-14H2,1-2H3;2*(H,6,7). The zero-order valence-corrected chi connectivity index (χ0v) is 20.4. The summed E-state index contributed by atoms with van der Waals surface area (Å²) in [6.07, 6.45) is -4.59. The van der Waals surface area contributed by atoms with E-state index in [1.54, 1.807) is 6.20 Å². The van der Waals surface area contributed by atoms with Crippen LogP contribution in [0.25, 0.3) is 0 Å². The first-order valence-corrected chi connectivity index (χ1v) is 11.1. The van der Waals surface area contributed by atoms with E-state index < -0.39 is 24.3 Å². The van der Waals surface area contributed by atoms with Crippen molar-refractivity contribution < 1.29 is 50.9 Å². The van der Waals surface area contributed by atoms with E-state index >= 15 is 0 Å². The van der Waals surface area contributed by atoms with Crippen LogP contribution in [0.1, 0.15) is 31.3 Å². The van der Waals surface area contributed by atoms with Gasteiger partial charge in [0.05, 0.1) is 19.3 Å². The van der Waals surface area contributed by atoms with E-state index in [1.807, 2.05) is 24.5 Å². The van der Waals surface area contributed by atoms with Gasteiger partial charge in [-0.3, -0.25) is 9.88 Å². The SMILES string of the molecule is CCN(CC)c1ccnc(C2COCCN2Cc2cccnc2)n1.O=C(O)C(F)(F)F.O=C(O)C(F)(F)F. The molecule has 2 aromatic rings. The molecule has 2 aromatic heterocycles. The molecule has 0 amide bonds. The number of rotatable bonds is 6. The molecule has 1 atom stereocenters. The van der Waals surface area contributed by atoms with Crippen LogP contribution < -0.4 is 4.90 Å². The normalized spacial score (nSPS) is 15.8. The van der Waals surface area contributed by atoms with E-state index in [9.17, 15) is 26.3 Å². The average molecular weight is 555 g/mol. The molecular formula is C22H27F6N5O5. The number of aromatic nitrogens is 3. The van der Waals surface area contributed by atoms with Gasteiger partial charge in [0.15, 0.2) is 0 Å². The zero-order valence-electron chi connectivity index (χ0n) is 20.4. The second-order valence-electron chi connectivity index (χ2n) is 7.47. The summed E-state index contributed by atoms with van der Waals surface area (Å²) in [6, 6.07) is 6.13. The molecule has 1 aliphatic heterocycles. The van der Waals surface area contributed by atoms with E-state index in [0.717, 1.165) is 44.4 Å². The molecule has 38 heavy (non-hydrogen) atoms.